The summed E-state index contributed by atoms with van der Waals surface area (Å²) in [7, 11) is 2.55. The van der Waals surface area contributed by atoms with Crippen LogP contribution in [0.15, 0.2) is 12.1 Å². The summed E-state index contributed by atoms with van der Waals surface area (Å²) in [6, 6.07) is 2.67. The number of methoxy groups -OCH3 is 2. The zero-order valence-corrected chi connectivity index (χ0v) is 11.8. The van der Waals surface area contributed by atoms with E-state index in [-0.39, 0.29) is 28.8 Å². The lowest BCUT2D eigenvalue weighted by molar-refractivity contribution is -0.384. The van der Waals surface area contributed by atoms with Crippen LogP contribution in [-0.2, 0) is 9.47 Å². The van der Waals surface area contributed by atoms with E-state index in [9.17, 15) is 14.9 Å². The van der Waals surface area contributed by atoms with Gasteiger partial charge in [0.15, 0.2) is 5.75 Å². The number of benzene rings is 1. The Bertz CT molecular complexity index is 556. The number of carbonyl (C=O) groups is 1. The number of ether oxygens (including phenoxy) is 3. The van der Waals surface area contributed by atoms with Crippen molar-refractivity contribution >= 4 is 17.3 Å². The fraction of sp³-hybridized carbons (Fsp3) is 0.462. The number of nitrogens with one attached hydrogen (secondary N) is 1. The summed E-state index contributed by atoms with van der Waals surface area (Å²) in [5.41, 5.74) is 0.164. The molecular formula is C13H16N2O6. The second kappa shape index (κ2) is 6.40. The molecule has 1 aliphatic heterocycles. The summed E-state index contributed by atoms with van der Waals surface area (Å²) < 4.78 is 14.9. The van der Waals surface area contributed by atoms with Gasteiger partial charge in [0.25, 0.3) is 0 Å². The number of anilines is 1. The molecule has 1 saturated heterocycles. The lowest BCUT2D eigenvalue weighted by atomic mass is 10.1. The summed E-state index contributed by atoms with van der Waals surface area (Å²) in [6.45, 7) is 1.12. The lowest BCUT2D eigenvalue weighted by Crippen LogP contribution is -2.33. The average molecular weight is 296 g/mol. The molecule has 8 nitrogen and oxygen atoms in total. The van der Waals surface area contributed by atoms with Gasteiger partial charge in [0, 0.05) is 19.2 Å². The van der Waals surface area contributed by atoms with E-state index in [1.54, 1.807) is 0 Å². The van der Waals surface area contributed by atoms with Gasteiger partial charge in [0.05, 0.1) is 30.8 Å². The van der Waals surface area contributed by atoms with Crippen LogP contribution in [0.3, 0.4) is 0 Å². The number of nitro benzene ring substituents is 1. The molecule has 0 radical (unpaired) electrons. The number of rotatable bonds is 6. The second-order valence-electron chi connectivity index (χ2n) is 4.49. The molecular weight excluding hydrogens is 280 g/mol. The quantitative estimate of drug-likeness (QED) is 0.483. The molecule has 1 aromatic rings. The minimum absolute atomic E-state index is 0.0000668. The van der Waals surface area contributed by atoms with E-state index >= 15 is 0 Å². The van der Waals surface area contributed by atoms with Gasteiger partial charge in [-0.15, -0.1) is 0 Å². The molecule has 0 saturated carbocycles. The summed E-state index contributed by atoms with van der Waals surface area (Å²) in [5.74, 6) is -0.592. The molecule has 1 fully saturated rings. The Labute approximate surface area is 121 Å². The van der Waals surface area contributed by atoms with Gasteiger partial charge in [0.2, 0.25) is 0 Å². The summed E-state index contributed by atoms with van der Waals surface area (Å²) in [5, 5.41) is 14.2. The highest BCUT2D eigenvalue weighted by atomic mass is 16.6. The van der Waals surface area contributed by atoms with E-state index < -0.39 is 10.9 Å². The van der Waals surface area contributed by atoms with Gasteiger partial charge in [0.1, 0.15) is 5.69 Å². The maximum atomic E-state index is 11.6. The van der Waals surface area contributed by atoms with Gasteiger partial charge in [-0.2, -0.15) is 0 Å². The topological polar surface area (TPSA) is 99.9 Å². The van der Waals surface area contributed by atoms with Crippen LogP contribution >= 0.6 is 0 Å². The first kappa shape index (κ1) is 15.0. The minimum atomic E-state index is -0.592. The van der Waals surface area contributed by atoms with Crippen molar-refractivity contribution in [3.05, 3.63) is 27.8 Å². The van der Waals surface area contributed by atoms with E-state index in [2.05, 4.69) is 10.1 Å². The van der Waals surface area contributed by atoms with Crippen molar-refractivity contribution < 1.29 is 23.9 Å². The smallest absolute Gasteiger partial charge is 0.338 e. The van der Waals surface area contributed by atoms with Crippen LogP contribution in [-0.4, -0.2) is 44.4 Å². The van der Waals surface area contributed by atoms with E-state index in [4.69, 9.17) is 9.47 Å². The maximum Gasteiger partial charge on any atom is 0.338 e. The highest BCUT2D eigenvalue weighted by Crippen LogP contribution is 2.36. The minimum Gasteiger partial charge on any atom is -0.490 e. The van der Waals surface area contributed by atoms with Gasteiger partial charge >= 0.3 is 11.7 Å². The molecule has 1 N–H and O–H groups in total. The first-order chi connectivity index (χ1) is 10.1. The van der Waals surface area contributed by atoms with Crippen LogP contribution in [0.25, 0.3) is 0 Å². The third-order valence-corrected chi connectivity index (χ3v) is 3.21. The molecule has 1 unspecified atom stereocenters. The predicted octanol–water partition coefficient (Wildman–Crippen LogP) is 1.59. The van der Waals surface area contributed by atoms with Gasteiger partial charge in [-0.25, -0.2) is 4.79 Å². The molecule has 114 valence electrons. The zero-order valence-electron chi connectivity index (χ0n) is 11.8. The van der Waals surface area contributed by atoms with Gasteiger partial charge in [-0.3, -0.25) is 10.1 Å². The van der Waals surface area contributed by atoms with Crippen LogP contribution in [0.2, 0.25) is 0 Å². The third-order valence-electron chi connectivity index (χ3n) is 3.21. The number of hydrogen-bond acceptors (Lipinski definition) is 7. The first-order valence-electron chi connectivity index (χ1n) is 6.37. The summed E-state index contributed by atoms with van der Waals surface area (Å²) >= 11 is 0. The Kier molecular flexibility index (Phi) is 4.59. The number of hydrogen-bond donors (Lipinski definition) is 1. The second-order valence-corrected chi connectivity index (χ2v) is 4.49. The Morgan fingerprint density at radius 3 is 2.71 bits per heavy atom. The highest BCUT2D eigenvalue weighted by Gasteiger charge is 2.26. The summed E-state index contributed by atoms with van der Waals surface area (Å²) in [4.78, 5) is 22.3. The van der Waals surface area contributed by atoms with Crippen LogP contribution in [0.1, 0.15) is 16.8 Å². The van der Waals surface area contributed by atoms with E-state index in [1.807, 2.05) is 0 Å². The van der Waals surface area contributed by atoms with Gasteiger partial charge in [-0.05, 0) is 12.5 Å². The normalized spacial score (nSPS) is 16.8. The van der Waals surface area contributed by atoms with E-state index in [1.165, 1.54) is 26.4 Å². The Balaban J connectivity index is 2.35. The fourth-order valence-corrected chi connectivity index (χ4v) is 1.99. The number of esters is 1. The molecule has 0 aliphatic carbocycles. The molecule has 0 amide bonds. The highest BCUT2D eigenvalue weighted by molar-refractivity contribution is 5.93. The van der Waals surface area contributed by atoms with Crippen molar-refractivity contribution in [3.63, 3.8) is 0 Å². The van der Waals surface area contributed by atoms with Crippen molar-refractivity contribution in [1.82, 2.24) is 0 Å². The van der Waals surface area contributed by atoms with Crippen molar-refractivity contribution in [1.29, 1.82) is 0 Å². The molecule has 0 bridgehead atoms. The number of nitrogens with zero attached hydrogens (tertiary/aromatic N) is 1. The summed E-state index contributed by atoms with van der Waals surface area (Å²) in [6.07, 6.45) is 0.923. The van der Waals surface area contributed by atoms with E-state index in [0.29, 0.717) is 13.2 Å². The fourth-order valence-electron chi connectivity index (χ4n) is 1.99. The SMILES string of the molecule is COC(=O)c1cc(NCC2CCO2)c([N+](=O)[O-])c(OC)c1. The van der Waals surface area contributed by atoms with Crippen molar-refractivity contribution in [2.75, 3.05) is 32.7 Å². The number of carbonyl (C=O) groups excluding carboxylic acids is 1. The van der Waals surface area contributed by atoms with E-state index in [0.717, 1.165) is 6.42 Å². The van der Waals surface area contributed by atoms with Crippen molar-refractivity contribution in [2.24, 2.45) is 0 Å². The number of nitro groups is 1. The molecule has 1 atom stereocenters. The lowest BCUT2D eigenvalue weighted by Gasteiger charge is -2.26. The molecule has 8 heteroatoms. The molecule has 0 aromatic heterocycles. The van der Waals surface area contributed by atoms with Gasteiger partial charge in [-0.1, -0.05) is 0 Å². The monoisotopic (exact) mass is 296 g/mol. The standard InChI is InChI=1S/C13H16N2O6/c1-19-11-6-8(13(16)20-2)5-10(12(11)15(17)18)14-7-9-3-4-21-9/h5-6,9,14H,3-4,7H2,1-2H3. The van der Waals surface area contributed by atoms with Crippen LogP contribution in [0.5, 0.6) is 5.75 Å². The van der Waals surface area contributed by atoms with Crippen molar-refractivity contribution in [2.45, 2.75) is 12.5 Å². The van der Waals surface area contributed by atoms with Crippen molar-refractivity contribution in [3.8, 4) is 5.75 Å². The van der Waals surface area contributed by atoms with Crippen LogP contribution in [0, 0.1) is 10.1 Å². The maximum absolute atomic E-state index is 11.6. The molecule has 21 heavy (non-hydrogen) atoms. The Morgan fingerprint density at radius 2 is 2.24 bits per heavy atom. The largest absolute Gasteiger partial charge is 0.490 e. The van der Waals surface area contributed by atoms with Crippen LogP contribution in [0.4, 0.5) is 11.4 Å². The molecule has 1 heterocycles. The average Bonchev–Trinajstić information content (AvgIpc) is 2.43. The van der Waals surface area contributed by atoms with Gasteiger partial charge < -0.3 is 19.5 Å². The third kappa shape index (κ3) is 3.22. The zero-order chi connectivity index (χ0) is 15.4. The predicted molar refractivity (Wildman–Crippen MR) is 73.8 cm³/mol. The molecule has 2 rings (SSSR count). The molecule has 1 aliphatic rings. The molecule has 1 aromatic carbocycles. The Morgan fingerprint density at radius 1 is 1.52 bits per heavy atom. The first-order valence-corrected chi connectivity index (χ1v) is 6.37. The Hall–Kier alpha value is -2.35. The molecule has 0 spiro atoms. The van der Waals surface area contributed by atoms with Crippen LogP contribution < -0.4 is 10.1 Å².